The number of hydrogen-bond donors (Lipinski definition) is 1. The molecular formula is C11H11F3N4O. The first-order valence-electron chi connectivity index (χ1n) is 5.41. The molecule has 8 heteroatoms. The van der Waals surface area contributed by atoms with E-state index in [1.165, 1.54) is 0 Å². The molecule has 0 bridgehead atoms. The molecule has 0 saturated heterocycles. The number of halogens is 3. The van der Waals surface area contributed by atoms with Crippen LogP contribution in [-0.2, 0) is 6.18 Å². The molecule has 0 unspecified atom stereocenters. The van der Waals surface area contributed by atoms with Gasteiger partial charge in [0, 0.05) is 23.6 Å². The van der Waals surface area contributed by atoms with E-state index in [9.17, 15) is 18.0 Å². The number of benzene rings is 1. The molecule has 0 aliphatic heterocycles. The monoisotopic (exact) mass is 272 g/mol. The van der Waals surface area contributed by atoms with E-state index in [1.807, 2.05) is 0 Å². The smallest absolute Gasteiger partial charge is 0.352 e. The molecular weight excluding hydrogens is 261 g/mol. The van der Waals surface area contributed by atoms with Crippen LogP contribution in [0.4, 0.5) is 13.2 Å². The molecule has 0 fully saturated rings. The van der Waals surface area contributed by atoms with Crippen molar-refractivity contribution in [2.75, 3.05) is 13.1 Å². The van der Waals surface area contributed by atoms with Gasteiger partial charge in [-0.05, 0) is 36.2 Å². The number of nitrogens with one attached hydrogen (secondary N) is 1. The molecule has 0 aromatic heterocycles. The lowest BCUT2D eigenvalue weighted by molar-refractivity contribution is -0.137. The van der Waals surface area contributed by atoms with Crippen LogP contribution in [0.25, 0.3) is 10.4 Å². The second-order valence-corrected chi connectivity index (χ2v) is 3.64. The van der Waals surface area contributed by atoms with Crippen LogP contribution in [0.3, 0.4) is 0 Å². The lowest BCUT2D eigenvalue weighted by Crippen LogP contribution is -2.24. The second-order valence-electron chi connectivity index (χ2n) is 3.64. The number of azide groups is 1. The molecule has 102 valence electrons. The Labute approximate surface area is 107 Å². The minimum absolute atomic E-state index is 0.150. The van der Waals surface area contributed by atoms with Gasteiger partial charge in [-0.25, -0.2) is 0 Å². The van der Waals surface area contributed by atoms with E-state index in [-0.39, 0.29) is 12.1 Å². The summed E-state index contributed by atoms with van der Waals surface area (Å²) in [6.07, 6.45) is -3.94. The number of hydrogen-bond acceptors (Lipinski definition) is 2. The van der Waals surface area contributed by atoms with Gasteiger partial charge in [-0.3, -0.25) is 4.79 Å². The summed E-state index contributed by atoms with van der Waals surface area (Å²) in [5, 5.41) is 5.80. The normalized spacial score (nSPS) is 10.7. The molecule has 0 radical (unpaired) electrons. The Morgan fingerprint density at radius 2 is 1.95 bits per heavy atom. The molecule has 0 atom stereocenters. The summed E-state index contributed by atoms with van der Waals surface area (Å²) in [6.45, 7) is 0.544. The van der Waals surface area contributed by atoms with Gasteiger partial charge in [0.2, 0.25) is 0 Å². The minimum atomic E-state index is -4.41. The topological polar surface area (TPSA) is 77.9 Å². The van der Waals surface area contributed by atoms with Crippen molar-refractivity contribution in [3.8, 4) is 0 Å². The zero-order valence-corrected chi connectivity index (χ0v) is 9.81. The Morgan fingerprint density at radius 3 is 2.47 bits per heavy atom. The minimum Gasteiger partial charge on any atom is -0.352 e. The fraction of sp³-hybridized carbons (Fsp3) is 0.364. The van der Waals surface area contributed by atoms with Crippen LogP contribution in [-0.4, -0.2) is 19.0 Å². The molecule has 1 amide bonds. The zero-order valence-electron chi connectivity index (χ0n) is 9.81. The van der Waals surface area contributed by atoms with Crippen molar-refractivity contribution >= 4 is 5.91 Å². The van der Waals surface area contributed by atoms with Crippen molar-refractivity contribution in [1.82, 2.24) is 5.32 Å². The average Bonchev–Trinajstić information content (AvgIpc) is 2.37. The number of rotatable bonds is 5. The first-order chi connectivity index (χ1) is 8.95. The molecule has 0 saturated carbocycles. The first kappa shape index (κ1) is 14.8. The van der Waals surface area contributed by atoms with E-state index in [0.29, 0.717) is 13.0 Å². The summed E-state index contributed by atoms with van der Waals surface area (Å²) in [5.74, 6) is -0.463. The molecule has 1 aromatic rings. The van der Waals surface area contributed by atoms with Crippen molar-refractivity contribution < 1.29 is 18.0 Å². The van der Waals surface area contributed by atoms with E-state index >= 15 is 0 Å². The molecule has 1 rings (SSSR count). The van der Waals surface area contributed by atoms with Crippen LogP contribution in [0.15, 0.2) is 29.4 Å². The van der Waals surface area contributed by atoms with E-state index in [0.717, 1.165) is 24.3 Å². The largest absolute Gasteiger partial charge is 0.416 e. The number of nitrogens with zero attached hydrogens (tertiary/aromatic N) is 3. The summed E-state index contributed by atoms with van der Waals surface area (Å²) in [4.78, 5) is 14.1. The van der Waals surface area contributed by atoms with Gasteiger partial charge in [0.15, 0.2) is 0 Å². The van der Waals surface area contributed by atoms with Crippen molar-refractivity contribution in [2.24, 2.45) is 5.11 Å². The lowest BCUT2D eigenvalue weighted by atomic mass is 10.1. The molecule has 1 N–H and O–H groups in total. The highest BCUT2D eigenvalue weighted by atomic mass is 19.4. The van der Waals surface area contributed by atoms with Crippen molar-refractivity contribution in [3.05, 3.63) is 45.8 Å². The average molecular weight is 272 g/mol. The Hall–Kier alpha value is -2.21. The predicted octanol–water partition coefficient (Wildman–Crippen LogP) is 3.14. The number of alkyl halides is 3. The summed E-state index contributed by atoms with van der Waals surface area (Å²) in [7, 11) is 0. The van der Waals surface area contributed by atoms with Gasteiger partial charge in [0.1, 0.15) is 0 Å². The van der Waals surface area contributed by atoms with E-state index in [4.69, 9.17) is 5.53 Å². The third-order valence-electron chi connectivity index (χ3n) is 2.26. The van der Waals surface area contributed by atoms with Crippen LogP contribution in [0, 0.1) is 0 Å². The Bertz CT molecular complexity index is 478. The van der Waals surface area contributed by atoms with Crippen LogP contribution >= 0.6 is 0 Å². The summed E-state index contributed by atoms with van der Waals surface area (Å²) in [6, 6.07) is 3.95. The van der Waals surface area contributed by atoms with E-state index in [1.54, 1.807) is 0 Å². The molecule has 0 aliphatic carbocycles. The number of carbonyl (C=O) groups excluding carboxylic acids is 1. The molecule has 0 heterocycles. The van der Waals surface area contributed by atoms with Crippen LogP contribution in [0.1, 0.15) is 22.3 Å². The van der Waals surface area contributed by atoms with Gasteiger partial charge in [-0.15, -0.1) is 0 Å². The van der Waals surface area contributed by atoms with Crippen molar-refractivity contribution in [3.63, 3.8) is 0 Å². The van der Waals surface area contributed by atoms with Crippen LogP contribution in [0.2, 0.25) is 0 Å². The summed E-state index contributed by atoms with van der Waals surface area (Å²) < 4.78 is 36.9. The summed E-state index contributed by atoms with van der Waals surface area (Å²) in [5.41, 5.74) is 7.37. The maximum Gasteiger partial charge on any atom is 0.416 e. The van der Waals surface area contributed by atoms with Gasteiger partial charge in [0.05, 0.1) is 5.56 Å². The highest BCUT2D eigenvalue weighted by Crippen LogP contribution is 2.28. The molecule has 5 nitrogen and oxygen atoms in total. The second kappa shape index (κ2) is 6.65. The maximum atomic E-state index is 12.3. The molecule has 1 aromatic carbocycles. The standard InChI is InChI=1S/C11H11F3N4O/c12-11(13,14)9-4-2-8(3-5-9)10(19)16-6-1-7-17-18-15/h2-5H,1,6-7H2,(H,16,19). The molecule has 0 spiro atoms. The van der Waals surface area contributed by atoms with E-state index in [2.05, 4.69) is 15.3 Å². The number of amides is 1. The molecule has 0 aliphatic rings. The van der Waals surface area contributed by atoms with Gasteiger partial charge in [0.25, 0.3) is 5.91 Å². The Balaban J connectivity index is 2.51. The zero-order chi connectivity index (χ0) is 14.3. The van der Waals surface area contributed by atoms with Crippen LogP contribution < -0.4 is 5.32 Å². The van der Waals surface area contributed by atoms with Crippen molar-refractivity contribution in [2.45, 2.75) is 12.6 Å². The third-order valence-corrected chi connectivity index (χ3v) is 2.26. The highest BCUT2D eigenvalue weighted by molar-refractivity contribution is 5.94. The van der Waals surface area contributed by atoms with Gasteiger partial charge in [-0.1, -0.05) is 5.11 Å². The SMILES string of the molecule is [N-]=[N+]=NCCCNC(=O)c1ccc(C(F)(F)F)cc1. The fourth-order valence-electron chi connectivity index (χ4n) is 1.31. The maximum absolute atomic E-state index is 12.3. The fourth-order valence-corrected chi connectivity index (χ4v) is 1.31. The Kier molecular flexibility index (Phi) is 5.20. The first-order valence-corrected chi connectivity index (χ1v) is 5.41. The third kappa shape index (κ3) is 4.89. The highest BCUT2D eigenvalue weighted by Gasteiger charge is 2.30. The number of carbonyl (C=O) groups is 1. The molecule has 19 heavy (non-hydrogen) atoms. The van der Waals surface area contributed by atoms with Gasteiger partial charge in [-0.2, -0.15) is 13.2 Å². The quantitative estimate of drug-likeness (QED) is 0.380. The summed E-state index contributed by atoms with van der Waals surface area (Å²) >= 11 is 0. The van der Waals surface area contributed by atoms with Gasteiger partial charge < -0.3 is 5.32 Å². The van der Waals surface area contributed by atoms with Crippen molar-refractivity contribution in [1.29, 1.82) is 0 Å². The Morgan fingerprint density at radius 1 is 1.32 bits per heavy atom. The predicted molar refractivity (Wildman–Crippen MR) is 62.4 cm³/mol. The van der Waals surface area contributed by atoms with E-state index < -0.39 is 17.6 Å². The van der Waals surface area contributed by atoms with Crippen LogP contribution in [0.5, 0.6) is 0 Å². The van der Waals surface area contributed by atoms with Gasteiger partial charge >= 0.3 is 6.18 Å². The lowest BCUT2D eigenvalue weighted by Gasteiger charge is -2.08.